The van der Waals surface area contributed by atoms with E-state index in [-0.39, 0.29) is 17.3 Å². The van der Waals surface area contributed by atoms with Crippen LogP contribution in [0.25, 0.3) is 0 Å². The molecular weight excluding hydrogens is 293 g/mol. The molecule has 1 N–H and O–H groups in total. The highest BCUT2D eigenvalue weighted by molar-refractivity contribution is 9.10. The van der Waals surface area contributed by atoms with E-state index < -0.39 is 0 Å². The summed E-state index contributed by atoms with van der Waals surface area (Å²) in [5, 5.41) is 3.23. The average molecular weight is 316 g/mol. The Balaban J connectivity index is 2.94. The van der Waals surface area contributed by atoms with Crippen LogP contribution in [-0.4, -0.2) is 7.05 Å². The van der Waals surface area contributed by atoms with E-state index in [0.29, 0.717) is 10.4 Å². The van der Waals surface area contributed by atoms with Crippen molar-refractivity contribution in [2.24, 2.45) is 11.3 Å². The first-order chi connectivity index (χ1) is 8.27. The van der Waals surface area contributed by atoms with Crippen LogP contribution in [0.5, 0.6) is 0 Å². The number of hydrogen-bond acceptors (Lipinski definition) is 1. The number of benzene rings is 1. The lowest BCUT2D eigenvalue weighted by atomic mass is 9.77. The van der Waals surface area contributed by atoms with Gasteiger partial charge in [-0.3, -0.25) is 0 Å². The Morgan fingerprint density at radius 1 is 1.33 bits per heavy atom. The smallest absolute Gasteiger partial charge is 0.142 e. The first-order valence-electron chi connectivity index (χ1n) is 6.38. The maximum atomic E-state index is 14.1. The summed E-state index contributed by atoms with van der Waals surface area (Å²) < 4.78 is 14.6. The Kier molecular flexibility index (Phi) is 5.35. The highest BCUT2D eigenvalue weighted by Crippen LogP contribution is 2.34. The van der Waals surface area contributed by atoms with E-state index in [1.165, 1.54) is 0 Å². The van der Waals surface area contributed by atoms with Crippen LogP contribution in [0.1, 0.15) is 45.7 Å². The second kappa shape index (κ2) is 6.16. The van der Waals surface area contributed by atoms with Gasteiger partial charge in [-0.1, -0.05) is 39.8 Å². The van der Waals surface area contributed by atoms with Gasteiger partial charge in [0.2, 0.25) is 0 Å². The van der Waals surface area contributed by atoms with E-state index in [1.54, 1.807) is 6.07 Å². The van der Waals surface area contributed by atoms with Crippen molar-refractivity contribution in [3.8, 4) is 0 Å². The summed E-state index contributed by atoms with van der Waals surface area (Å²) >= 11 is 3.25. The number of hydrogen-bond donors (Lipinski definition) is 1. The van der Waals surface area contributed by atoms with E-state index in [0.717, 1.165) is 12.0 Å². The summed E-state index contributed by atoms with van der Waals surface area (Å²) in [6.07, 6.45) is 0.924. The van der Waals surface area contributed by atoms with Crippen LogP contribution in [0.4, 0.5) is 4.39 Å². The third kappa shape index (κ3) is 3.79. The zero-order valence-electron chi connectivity index (χ0n) is 11.8. The van der Waals surface area contributed by atoms with Gasteiger partial charge in [-0.15, -0.1) is 0 Å². The molecule has 0 saturated carbocycles. The monoisotopic (exact) mass is 315 g/mol. The van der Waals surface area contributed by atoms with Gasteiger partial charge < -0.3 is 5.32 Å². The zero-order valence-corrected chi connectivity index (χ0v) is 13.4. The number of rotatable bonds is 4. The quantitative estimate of drug-likeness (QED) is 0.831. The summed E-state index contributed by atoms with van der Waals surface area (Å²) in [7, 11) is 1.89. The first kappa shape index (κ1) is 15.6. The minimum Gasteiger partial charge on any atom is -0.313 e. The molecule has 0 aliphatic heterocycles. The third-order valence-electron chi connectivity index (χ3n) is 3.77. The number of nitrogens with one attached hydrogen (secondary N) is 1. The molecule has 2 unspecified atom stereocenters. The summed E-state index contributed by atoms with van der Waals surface area (Å²) in [5.74, 6) is 0.353. The molecular formula is C15H23BrFN. The lowest BCUT2D eigenvalue weighted by Gasteiger charge is -2.31. The zero-order chi connectivity index (χ0) is 13.9. The van der Waals surface area contributed by atoms with Crippen LogP contribution in [0, 0.1) is 17.2 Å². The average Bonchev–Trinajstić information content (AvgIpc) is 2.28. The molecule has 0 aromatic heterocycles. The molecule has 102 valence electrons. The molecule has 18 heavy (non-hydrogen) atoms. The van der Waals surface area contributed by atoms with E-state index in [9.17, 15) is 4.39 Å². The van der Waals surface area contributed by atoms with E-state index in [4.69, 9.17) is 0 Å². The van der Waals surface area contributed by atoms with Gasteiger partial charge in [0.25, 0.3) is 0 Å². The van der Waals surface area contributed by atoms with Gasteiger partial charge in [0.15, 0.2) is 0 Å². The van der Waals surface area contributed by atoms with Crippen LogP contribution in [0.2, 0.25) is 0 Å². The molecule has 1 rings (SSSR count). The van der Waals surface area contributed by atoms with Crippen LogP contribution < -0.4 is 5.32 Å². The summed E-state index contributed by atoms with van der Waals surface area (Å²) in [6.45, 7) is 8.89. The van der Waals surface area contributed by atoms with E-state index in [2.05, 4.69) is 48.9 Å². The summed E-state index contributed by atoms with van der Waals surface area (Å²) in [4.78, 5) is 0. The van der Waals surface area contributed by atoms with Crippen molar-refractivity contribution in [1.82, 2.24) is 5.32 Å². The number of halogens is 2. The largest absolute Gasteiger partial charge is 0.313 e. The van der Waals surface area contributed by atoms with Crippen molar-refractivity contribution < 1.29 is 4.39 Å². The fraction of sp³-hybridized carbons (Fsp3) is 0.600. The topological polar surface area (TPSA) is 12.0 Å². The SMILES string of the molecule is CNC(CC(C)C(C)(C)C)c1cccc(Br)c1F. The molecule has 0 amide bonds. The van der Waals surface area contributed by atoms with Crippen molar-refractivity contribution in [2.75, 3.05) is 7.05 Å². The predicted octanol–water partition coefficient (Wildman–Crippen LogP) is 4.92. The van der Waals surface area contributed by atoms with Crippen molar-refractivity contribution in [3.05, 3.63) is 34.1 Å². The maximum Gasteiger partial charge on any atom is 0.142 e. The summed E-state index contributed by atoms with van der Waals surface area (Å²) in [5.41, 5.74) is 0.973. The van der Waals surface area contributed by atoms with Gasteiger partial charge in [-0.05, 0) is 46.8 Å². The Morgan fingerprint density at radius 2 is 1.94 bits per heavy atom. The fourth-order valence-electron chi connectivity index (χ4n) is 1.90. The molecule has 0 aliphatic carbocycles. The molecule has 0 aliphatic rings. The van der Waals surface area contributed by atoms with Gasteiger partial charge in [-0.2, -0.15) is 0 Å². The van der Waals surface area contributed by atoms with E-state index in [1.807, 2.05) is 19.2 Å². The molecule has 1 aromatic carbocycles. The Morgan fingerprint density at radius 3 is 2.44 bits per heavy atom. The Labute approximate surface area is 118 Å². The molecule has 2 atom stereocenters. The molecule has 1 aromatic rings. The highest BCUT2D eigenvalue weighted by atomic mass is 79.9. The molecule has 1 nitrogen and oxygen atoms in total. The normalized spacial score (nSPS) is 15.5. The van der Waals surface area contributed by atoms with Crippen LogP contribution >= 0.6 is 15.9 Å². The second-order valence-corrected chi connectivity index (χ2v) is 6.84. The first-order valence-corrected chi connectivity index (χ1v) is 7.17. The third-order valence-corrected chi connectivity index (χ3v) is 4.39. The fourth-order valence-corrected chi connectivity index (χ4v) is 2.28. The van der Waals surface area contributed by atoms with Crippen molar-refractivity contribution in [2.45, 2.75) is 40.2 Å². The molecule has 0 spiro atoms. The molecule has 0 fully saturated rings. The molecule has 0 heterocycles. The van der Waals surface area contributed by atoms with Gasteiger partial charge in [0, 0.05) is 11.6 Å². The van der Waals surface area contributed by atoms with Crippen LogP contribution in [-0.2, 0) is 0 Å². The second-order valence-electron chi connectivity index (χ2n) is 5.99. The van der Waals surface area contributed by atoms with Crippen molar-refractivity contribution in [1.29, 1.82) is 0 Å². The van der Waals surface area contributed by atoms with Crippen LogP contribution in [0.3, 0.4) is 0 Å². The van der Waals surface area contributed by atoms with Crippen molar-refractivity contribution in [3.63, 3.8) is 0 Å². The van der Waals surface area contributed by atoms with E-state index >= 15 is 0 Å². The molecule has 0 bridgehead atoms. The van der Waals surface area contributed by atoms with Gasteiger partial charge in [0.05, 0.1) is 4.47 Å². The summed E-state index contributed by atoms with van der Waals surface area (Å²) in [6, 6.07) is 5.53. The van der Waals surface area contributed by atoms with Gasteiger partial charge >= 0.3 is 0 Å². The minimum absolute atomic E-state index is 0.0525. The van der Waals surface area contributed by atoms with Crippen LogP contribution in [0.15, 0.2) is 22.7 Å². The van der Waals surface area contributed by atoms with Gasteiger partial charge in [0.1, 0.15) is 5.82 Å². The Hall–Kier alpha value is -0.410. The molecule has 0 radical (unpaired) electrons. The molecule has 0 saturated heterocycles. The minimum atomic E-state index is -0.155. The lowest BCUT2D eigenvalue weighted by Crippen LogP contribution is -2.26. The standard InChI is InChI=1S/C15H23BrFN/c1-10(15(2,3)4)9-13(18-5)11-7-6-8-12(16)14(11)17/h6-8,10,13,18H,9H2,1-5H3. The highest BCUT2D eigenvalue weighted by Gasteiger charge is 2.25. The Bertz CT molecular complexity index is 398. The predicted molar refractivity (Wildman–Crippen MR) is 79.1 cm³/mol. The maximum absolute atomic E-state index is 14.1. The lowest BCUT2D eigenvalue weighted by molar-refractivity contribution is 0.224. The van der Waals surface area contributed by atoms with Crippen molar-refractivity contribution >= 4 is 15.9 Å². The molecule has 3 heteroatoms. The van der Waals surface area contributed by atoms with Gasteiger partial charge in [-0.25, -0.2) is 4.39 Å².